The molecule has 0 saturated heterocycles. The fraction of sp³-hybridized carbons (Fsp3) is 0.474. The van der Waals surface area contributed by atoms with Gasteiger partial charge in [-0.1, -0.05) is 12.1 Å². The highest BCUT2D eigenvalue weighted by atomic mass is 127. The second-order valence-electron chi connectivity index (χ2n) is 7.05. The molecule has 0 amide bonds. The summed E-state index contributed by atoms with van der Waals surface area (Å²) in [6.45, 7) is 8.43. The van der Waals surface area contributed by atoms with E-state index in [0.29, 0.717) is 5.96 Å². The molecule has 1 aromatic heterocycles. The molecule has 26 heavy (non-hydrogen) atoms. The minimum absolute atomic E-state index is 0. The molecule has 1 aromatic carbocycles. The smallest absolute Gasteiger partial charge is 0.325 e. The number of nitrogens with one attached hydrogen (secondary N) is 3. The van der Waals surface area contributed by atoms with Crippen molar-refractivity contribution >= 4 is 46.8 Å². The fourth-order valence-electron chi connectivity index (χ4n) is 2.58. The van der Waals surface area contributed by atoms with E-state index in [0.717, 1.165) is 18.5 Å². The average molecular weight is 472 g/mol. The van der Waals surface area contributed by atoms with Crippen molar-refractivity contribution in [3.05, 3.63) is 35.5 Å². The number of aliphatic imine (C=N–C) groups is 1. The number of aromatic amines is 1. The van der Waals surface area contributed by atoms with Crippen molar-refractivity contribution in [2.45, 2.75) is 39.7 Å². The summed E-state index contributed by atoms with van der Waals surface area (Å²) in [7, 11) is 1.68. The van der Waals surface area contributed by atoms with Crippen LogP contribution in [0.5, 0.6) is 0 Å². The number of guanidine groups is 1. The zero-order valence-electron chi connectivity index (χ0n) is 16.1. The summed E-state index contributed by atoms with van der Waals surface area (Å²) in [5.41, 5.74) is 3.17. The van der Waals surface area contributed by atoms with E-state index in [2.05, 4.69) is 45.7 Å². The van der Waals surface area contributed by atoms with Crippen molar-refractivity contribution in [3.63, 3.8) is 0 Å². The number of benzene rings is 1. The van der Waals surface area contributed by atoms with Crippen LogP contribution in [0.15, 0.2) is 29.4 Å². The number of hydrogen-bond donors (Lipinski definition) is 3. The topological polar surface area (TPSA) is 78.5 Å². The molecule has 1 heterocycles. The van der Waals surface area contributed by atoms with Gasteiger partial charge in [-0.05, 0) is 51.3 Å². The van der Waals surface area contributed by atoms with Crippen LogP contribution in [-0.2, 0) is 16.0 Å². The molecule has 0 aliphatic carbocycles. The molecule has 7 heteroatoms. The molecule has 0 aliphatic rings. The Labute approximate surface area is 172 Å². The Morgan fingerprint density at radius 1 is 1.27 bits per heavy atom. The number of aromatic nitrogens is 1. The lowest BCUT2D eigenvalue weighted by molar-refractivity contribution is -0.153. The van der Waals surface area contributed by atoms with E-state index in [1.165, 1.54) is 16.5 Å². The van der Waals surface area contributed by atoms with E-state index in [4.69, 9.17) is 4.74 Å². The summed E-state index contributed by atoms with van der Waals surface area (Å²) in [5, 5.41) is 7.43. The average Bonchev–Trinajstić information content (AvgIpc) is 2.91. The largest absolute Gasteiger partial charge is 0.459 e. The number of fused-ring (bicyclic) bond motifs is 1. The second-order valence-corrected chi connectivity index (χ2v) is 7.05. The van der Waals surface area contributed by atoms with Gasteiger partial charge in [0.2, 0.25) is 0 Å². The first-order valence-corrected chi connectivity index (χ1v) is 8.51. The van der Waals surface area contributed by atoms with Gasteiger partial charge >= 0.3 is 5.97 Å². The molecular weight excluding hydrogens is 443 g/mol. The van der Waals surface area contributed by atoms with Crippen LogP contribution in [0.1, 0.15) is 31.9 Å². The molecule has 0 spiro atoms. The molecule has 0 atom stereocenters. The highest BCUT2D eigenvalue weighted by molar-refractivity contribution is 14.0. The maximum atomic E-state index is 11.7. The van der Waals surface area contributed by atoms with Crippen LogP contribution in [0, 0.1) is 6.92 Å². The zero-order valence-corrected chi connectivity index (χ0v) is 18.4. The van der Waals surface area contributed by atoms with E-state index >= 15 is 0 Å². The quantitative estimate of drug-likeness (QED) is 0.271. The molecule has 0 fully saturated rings. The van der Waals surface area contributed by atoms with Gasteiger partial charge in [-0.2, -0.15) is 0 Å². The van der Waals surface area contributed by atoms with Crippen LogP contribution in [0.25, 0.3) is 10.9 Å². The van der Waals surface area contributed by atoms with Crippen LogP contribution >= 0.6 is 24.0 Å². The first-order valence-electron chi connectivity index (χ1n) is 8.51. The Hall–Kier alpha value is -1.77. The Balaban J connectivity index is 0.00000338. The normalized spacial score (nSPS) is 11.8. The van der Waals surface area contributed by atoms with Crippen molar-refractivity contribution in [2.75, 3.05) is 20.1 Å². The van der Waals surface area contributed by atoms with Crippen LogP contribution in [0.3, 0.4) is 0 Å². The minimum atomic E-state index is -0.483. The van der Waals surface area contributed by atoms with Crippen LogP contribution in [-0.4, -0.2) is 42.7 Å². The molecule has 3 N–H and O–H groups in total. The summed E-state index contributed by atoms with van der Waals surface area (Å²) in [6.07, 6.45) is 2.90. The van der Waals surface area contributed by atoms with Gasteiger partial charge in [0.05, 0.1) is 0 Å². The Morgan fingerprint density at radius 3 is 2.65 bits per heavy atom. The number of nitrogens with zero attached hydrogens (tertiary/aromatic N) is 1. The van der Waals surface area contributed by atoms with E-state index in [-0.39, 0.29) is 36.5 Å². The first kappa shape index (κ1) is 22.3. The van der Waals surface area contributed by atoms with Gasteiger partial charge in [0.25, 0.3) is 0 Å². The third-order valence-electron chi connectivity index (χ3n) is 3.65. The monoisotopic (exact) mass is 472 g/mol. The number of hydrogen-bond acceptors (Lipinski definition) is 3. The van der Waals surface area contributed by atoms with Crippen LogP contribution < -0.4 is 10.6 Å². The molecule has 0 saturated carbocycles. The maximum absolute atomic E-state index is 11.7. The van der Waals surface area contributed by atoms with Gasteiger partial charge < -0.3 is 20.4 Å². The lowest BCUT2D eigenvalue weighted by Gasteiger charge is -2.20. The number of carbonyl (C=O) groups excluding carboxylic acids is 1. The highest BCUT2D eigenvalue weighted by Crippen LogP contribution is 2.19. The number of esters is 1. The molecule has 2 rings (SSSR count). The summed E-state index contributed by atoms with van der Waals surface area (Å²) in [5.74, 6) is 0.281. The van der Waals surface area contributed by atoms with Gasteiger partial charge in [0, 0.05) is 30.7 Å². The molecule has 0 bridgehead atoms. The first-order chi connectivity index (χ1) is 11.8. The fourth-order valence-corrected chi connectivity index (χ4v) is 2.58. The number of ether oxygens (including phenoxy) is 1. The Bertz CT molecular complexity index is 762. The van der Waals surface area contributed by atoms with Crippen molar-refractivity contribution in [1.29, 1.82) is 0 Å². The van der Waals surface area contributed by atoms with Crippen molar-refractivity contribution in [2.24, 2.45) is 4.99 Å². The third kappa shape index (κ3) is 6.86. The van der Waals surface area contributed by atoms with Gasteiger partial charge in [-0.3, -0.25) is 9.79 Å². The van der Waals surface area contributed by atoms with E-state index in [1.807, 2.05) is 27.0 Å². The van der Waals surface area contributed by atoms with E-state index < -0.39 is 5.60 Å². The van der Waals surface area contributed by atoms with E-state index in [1.54, 1.807) is 7.05 Å². The number of rotatable bonds is 5. The van der Waals surface area contributed by atoms with Crippen LogP contribution in [0.4, 0.5) is 0 Å². The Kier molecular flexibility index (Phi) is 8.39. The predicted molar refractivity (Wildman–Crippen MR) is 117 cm³/mol. The van der Waals surface area contributed by atoms with Crippen molar-refractivity contribution in [1.82, 2.24) is 15.6 Å². The van der Waals surface area contributed by atoms with Crippen LogP contribution in [0.2, 0.25) is 0 Å². The number of halogens is 1. The highest BCUT2D eigenvalue weighted by Gasteiger charge is 2.16. The summed E-state index contributed by atoms with van der Waals surface area (Å²) >= 11 is 0. The Morgan fingerprint density at radius 2 is 2.00 bits per heavy atom. The molecule has 6 nitrogen and oxygen atoms in total. The molecule has 2 aromatic rings. The number of carbonyl (C=O) groups is 1. The molecule has 0 aliphatic heterocycles. The van der Waals surface area contributed by atoms with E-state index in [9.17, 15) is 4.79 Å². The maximum Gasteiger partial charge on any atom is 0.325 e. The zero-order chi connectivity index (χ0) is 18.4. The third-order valence-corrected chi connectivity index (χ3v) is 3.65. The molecule has 0 unspecified atom stereocenters. The minimum Gasteiger partial charge on any atom is -0.459 e. The lowest BCUT2D eigenvalue weighted by atomic mass is 10.1. The summed E-state index contributed by atoms with van der Waals surface area (Å²) in [4.78, 5) is 19.2. The molecular formula is C19H29IN4O2. The van der Waals surface area contributed by atoms with Crippen molar-refractivity contribution < 1.29 is 9.53 Å². The van der Waals surface area contributed by atoms with Gasteiger partial charge in [-0.25, -0.2) is 0 Å². The van der Waals surface area contributed by atoms with Crippen molar-refractivity contribution in [3.8, 4) is 0 Å². The SMILES string of the molecule is CN=C(NCCc1c[nH]c2cc(C)ccc12)NCC(=O)OC(C)(C)C.I. The number of H-pyrrole nitrogens is 1. The van der Waals surface area contributed by atoms with Gasteiger partial charge in [-0.15, -0.1) is 24.0 Å². The lowest BCUT2D eigenvalue weighted by Crippen LogP contribution is -2.42. The van der Waals surface area contributed by atoms with Gasteiger partial charge in [0.15, 0.2) is 5.96 Å². The second kappa shape index (κ2) is 9.80. The molecule has 0 radical (unpaired) electrons. The number of aryl methyl sites for hydroxylation is 1. The predicted octanol–water partition coefficient (Wildman–Crippen LogP) is 3.14. The summed E-state index contributed by atoms with van der Waals surface area (Å²) in [6, 6.07) is 6.41. The standard InChI is InChI=1S/C19H28N4O2.HI/c1-13-6-7-15-14(11-22-16(15)10-13)8-9-21-18(20-5)23-12-17(24)25-19(2,3)4;/h6-7,10-11,22H,8-9,12H2,1-5H3,(H2,20,21,23);1H. The summed E-state index contributed by atoms with van der Waals surface area (Å²) < 4.78 is 5.27. The van der Waals surface area contributed by atoms with Gasteiger partial charge in [0.1, 0.15) is 12.1 Å². The molecule has 144 valence electrons.